The van der Waals surface area contributed by atoms with E-state index in [1.54, 1.807) is 11.8 Å². The molecule has 0 aliphatic carbocycles. The number of aromatic nitrogens is 1. The molecule has 4 heteroatoms. The van der Waals surface area contributed by atoms with Crippen molar-refractivity contribution in [2.24, 2.45) is 0 Å². The molecule has 2 nitrogen and oxygen atoms in total. The van der Waals surface area contributed by atoms with Crippen molar-refractivity contribution in [3.05, 3.63) is 70.2 Å². The Balaban J connectivity index is 1.94. The second-order valence-electron chi connectivity index (χ2n) is 8.03. The number of rotatable bonds is 9. The summed E-state index contributed by atoms with van der Waals surface area (Å²) in [4.78, 5) is 7.26. The molecule has 3 aromatic rings. The fourth-order valence-corrected chi connectivity index (χ4v) is 5.10. The van der Waals surface area contributed by atoms with E-state index in [9.17, 15) is 0 Å². The maximum Gasteiger partial charge on any atom is 0.0999 e. The van der Waals surface area contributed by atoms with Crippen LogP contribution in [0.5, 0.6) is 0 Å². The quantitative estimate of drug-likeness (QED) is 0.240. The molecule has 0 radical (unpaired) electrons. The van der Waals surface area contributed by atoms with Crippen LogP contribution in [-0.2, 0) is 0 Å². The molecule has 2 aromatic carbocycles. The molecule has 1 unspecified atom stereocenters. The molecule has 3 rings (SSSR count). The summed E-state index contributed by atoms with van der Waals surface area (Å²) in [6.45, 7) is 3.53. The molecule has 0 aliphatic heterocycles. The van der Waals surface area contributed by atoms with Gasteiger partial charge in [0.25, 0.3) is 0 Å². The van der Waals surface area contributed by atoms with Crippen molar-refractivity contribution in [2.75, 3.05) is 26.9 Å². The monoisotopic (exact) mass is 470 g/mol. The van der Waals surface area contributed by atoms with Gasteiger partial charge in [-0.15, -0.1) is 11.8 Å². The Bertz CT molecular complexity index is 927. The molecule has 29 heavy (non-hydrogen) atoms. The van der Waals surface area contributed by atoms with Gasteiger partial charge in [-0.05, 0) is 87.0 Å². The number of fused-ring (bicyclic) bond motifs is 1. The van der Waals surface area contributed by atoms with Crippen LogP contribution in [0.3, 0.4) is 0 Å². The third kappa shape index (κ3) is 5.84. The van der Waals surface area contributed by atoms with Crippen molar-refractivity contribution >= 4 is 38.6 Å². The minimum atomic E-state index is 0.412. The molecule has 0 bridgehead atoms. The van der Waals surface area contributed by atoms with E-state index in [1.807, 2.05) is 0 Å². The fraction of sp³-hybridized carbons (Fsp3) is 0.400. The first kappa shape index (κ1) is 22.3. The first-order valence-corrected chi connectivity index (χ1v) is 12.3. The van der Waals surface area contributed by atoms with Crippen molar-refractivity contribution in [3.63, 3.8) is 0 Å². The SMILES string of the molecule is CSc1nc2ccc(Br)cc2cc1[C@@H](C)C(CCCCN(C)C)c1ccccc1. The second-order valence-corrected chi connectivity index (χ2v) is 9.74. The smallest absolute Gasteiger partial charge is 0.0999 e. The molecular formula is C25H31BrN2S. The van der Waals surface area contributed by atoms with Crippen LogP contribution in [0.4, 0.5) is 0 Å². The van der Waals surface area contributed by atoms with E-state index in [0.29, 0.717) is 11.8 Å². The van der Waals surface area contributed by atoms with Gasteiger partial charge in [0.15, 0.2) is 0 Å². The Kier molecular flexibility index (Phi) is 8.16. The van der Waals surface area contributed by atoms with Crippen LogP contribution in [0, 0.1) is 0 Å². The van der Waals surface area contributed by atoms with Gasteiger partial charge in [0.2, 0.25) is 0 Å². The van der Waals surface area contributed by atoms with Crippen molar-refractivity contribution in [2.45, 2.75) is 43.0 Å². The Morgan fingerprint density at radius 3 is 2.48 bits per heavy atom. The van der Waals surface area contributed by atoms with E-state index in [-0.39, 0.29) is 0 Å². The number of hydrogen-bond acceptors (Lipinski definition) is 3. The van der Waals surface area contributed by atoms with Crippen molar-refractivity contribution in [3.8, 4) is 0 Å². The second kappa shape index (κ2) is 10.6. The topological polar surface area (TPSA) is 16.1 Å². The predicted octanol–water partition coefficient (Wildman–Crippen LogP) is 7.34. The molecule has 0 spiro atoms. The van der Waals surface area contributed by atoms with Crippen LogP contribution in [0.15, 0.2) is 64.1 Å². The summed E-state index contributed by atoms with van der Waals surface area (Å²) in [5, 5.41) is 2.36. The predicted molar refractivity (Wildman–Crippen MR) is 131 cm³/mol. The average Bonchev–Trinajstić information content (AvgIpc) is 2.72. The molecule has 1 aromatic heterocycles. The Labute approximate surface area is 188 Å². The maximum absolute atomic E-state index is 4.99. The number of halogens is 1. The van der Waals surface area contributed by atoms with Crippen LogP contribution in [0.1, 0.15) is 49.1 Å². The first-order chi connectivity index (χ1) is 14.0. The van der Waals surface area contributed by atoms with E-state index >= 15 is 0 Å². The highest BCUT2D eigenvalue weighted by Crippen LogP contribution is 2.40. The summed E-state index contributed by atoms with van der Waals surface area (Å²) in [5.41, 5.74) is 3.87. The lowest BCUT2D eigenvalue weighted by atomic mass is 9.80. The highest BCUT2D eigenvalue weighted by molar-refractivity contribution is 9.10. The molecule has 1 heterocycles. The average molecular weight is 472 g/mol. The Hall–Kier alpha value is -1.36. The zero-order chi connectivity index (χ0) is 20.8. The molecule has 2 atom stereocenters. The number of unbranched alkanes of at least 4 members (excludes halogenated alkanes) is 1. The number of thioether (sulfide) groups is 1. The summed E-state index contributed by atoms with van der Waals surface area (Å²) in [6.07, 6.45) is 5.81. The third-order valence-corrected chi connectivity index (χ3v) is 6.86. The molecule has 0 N–H and O–H groups in total. The van der Waals surface area contributed by atoms with E-state index in [1.165, 1.54) is 35.8 Å². The van der Waals surface area contributed by atoms with Crippen LogP contribution in [-0.4, -0.2) is 36.8 Å². The number of pyridine rings is 1. The van der Waals surface area contributed by atoms with Gasteiger partial charge >= 0.3 is 0 Å². The van der Waals surface area contributed by atoms with Crippen molar-refractivity contribution in [1.29, 1.82) is 0 Å². The van der Waals surface area contributed by atoms with Gasteiger partial charge in [-0.3, -0.25) is 0 Å². The lowest BCUT2D eigenvalue weighted by Crippen LogP contribution is -2.14. The molecule has 0 aliphatic rings. The molecule has 0 saturated heterocycles. The number of benzene rings is 2. The number of nitrogens with zero attached hydrogens (tertiary/aromatic N) is 2. The van der Waals surface area contributed by atoms with E-state index in [4.69, 9.17) is 4.98 Å². The van der Waals surface area contributed by atoms with E-state index in [0.717, 1.165) is 21.6 Å². The minimum Gasteiger partial charge on any atom is -0.309 e. The zero-order valence-electron chi connectivity index (χ0n) is 17.9. The van der Waals surface area contributed by atoms with Gasteiger partial charge in [0.1, 0.15) is 0 Å². The molecule has 0 fully saturated rings. The summed E-state index contributed by atoms with van der Waals surface area (Å²) in [7, 11) is 4.31. The van der Waals surface area contributed by atoms with Gasteiger partial charge < -0.3 is 4.90 Å². The lowest BCUT2D eigenvalue weighted by molar-refractivity contribution is 0.382. The third-order valence-electron chi connectivity index (χ3n) is 5.66. The summed E-state index contributed by atoms with van der Waals surface area (Å²) >= 11 is 5.37. The number of hydrogen-bond donors (Lipinski definition) is 0. The summed E-state index contributed by atoms with van der Waals surface area (Å²) in [5.74, 6) is 0.908. The van der Waals surface area contributed by atoms with Gasteiger partial charge in [-0.1, -0.05) is 59.6 Å². The normalized spacial score (nSPS) is 13.7. The van der Waals surface area contributed by atoms with Crippen LogP contribution < -0.4 is 0 Å². The van der Waals surface area contributed by atoms with E-state index in [2.05, 4.69) is 103 Å². The van der Waals surface area contributed by atoms with Crippen LogP contribution in [0.2, 0.25) is 0 Å². The molecular weight excluding hydrogens is 440 g/mol. The first-order valence-electron chi connectivity index (χ1n) is 10.3. The van der Waals surface area contributed by atoms with Crippen LogP contribution >= 0.6 is 27.7 Å². The van der Waals surface area contributed by atoms with Crippen LogP contribution in [0.25, 0.3) is 10.9 Å². The largest absolute Gasteiger partial charge is 0.309 e. The molecule has 0 saturated carbocycles. The standard InChI is InChI=1S/C25H31BrN2S/c1-18(22(12-8-9-15-28(2)3)19-10-6-5-7-11-19)23-17-20-16-21(26)13-14-24(20)27-25(23)29-4/h5-7,10-11,13-14,16-18,22H,8-9,12,15H2,1-4H3/t18-,22?/m0/s1. The Morgan fingerprint density at radius 2 is 1.79 bits per heavy atom. The van der Waals surface area contributed by atoms with E-state index < -0.39 is 0 Å². The molecule has 0 amide bonds. The highest BCUT2D eigenvalue weighted by Gasteiger charge is 2.24. The minimum absolute atomic E-state index is 0.412. The fourth-order valence-electron chi connectivity index (χ4n) is 4.05. The van der Waals surface area contributed by atoms with Crippen molar-refractivity contribution in [1.82, 2.24) is 9.88 Å². The van der Waals surface area contributed by atoms with Gasteiger partial charge in [0.05, 0.1) is 10.5 Å². The summed E-state index contributed by atoms with van der Waals surface area (Å²) < 4.78 is 1.10. The maximum atomic E-state index is 4.99. The van der Waals surface area contributed by atoms with Gasteiger partial charge in [-0.25, -0.2) is 4.98 Å². The zero-order valence-corrected chi connectivity index (χ0v) is 20.3. The summed E-state index contributed by atoms with van der Waals surface area (Å²) in [6, 6.07) is 19.7. The van der Waals surface area contributed by atoms with Crippen molar-refractivity contribution < 1.29 is 0 Å². The lowest BCUT2D eigenvalue weighted by Gasteiger charge is -2.27. The Morgan fingerprint density at radius 1 is 1.03 bits per heavy atom. The van der Waals surface area contributed by atoms with Gasteiger partial charge in [-0.2, -0.15) is 0 Å². The molecule has 154 valence electrons. The van der Waals surface area contributed by atoms with Gasteiger partial charge in [0, 0.05) is 9.86 Å². The highest BCUT2D eigenvalue weighted by atomic mass is 79.9.